The van der Waals surface area contributed by atoms with Crippen molar-refractivity contribution in [3.8, 4) is 17.2 Å². The Morgan fingerprint density at radius 2 is 1.85 bits per heavy atom. The van der Waals surface area contributed by atoms with Crippen molar-refractivity contribution in [3.05, 3.63) is 53.6 Å². The summed E-state index contributed by atoms with van der Waals surface area (Å²) in [7, 11) is 1.69. The number of nitrogens with two attached hydrogens (primary N) is 1. The molecule has 26 heavy (non-hydrogen) atoms. The highest BCUT2D eigenvalue weighted by Crippen LogP contribution is 2.40. The van der Waals surface area contributed by atoms with E-state index >= 15 is 0 Å². The lowest BCUT2D eigenvalue weighted by Gasteiger charge is -2.18. The highest BCUT2D eigenvalue weighted by molar-refractivity contribution is 5.85. The Morgan fingerprint density at radius 3 is 2.54 bits per heavy atom. The third-order valence-electron chi connectivity index (χ3n) is 5.22. The lowest BCUT2D eigenvalue weighted by Crippen LogP contribution is -2.23. The molecule has 2 aliphatic rings. The Bertz CT molecular complexity index is 741. The Hall–Kier alpha value is -1.95. The quantitative estimate of drug-likeness (QED) is 0.869. The van der Waals surface area contributed by atoms with Gasteiger partial charge in [-0.2, -0.15) is 0 Å². The third kappa shape index (κ3) is 3.61. The first kappa shape index (κ1) is 18.8. The van der Waals surface area contributed by atoms with Crippen LogP contribution in [0.15, 0.2) is 42.5 Å². The number of fused-ring (bicyclic) bond motifs is 1. The van der Waals surface area contributed by atoms with Gasteiger partial charge < -0.3 is 19.9 Å². The fraction of sp³-hybridized carbons (Fsp3) is 0.400. The third-order valence-corrected chi connectivity index (χ3v) is 5.22. The molecule has 0 saturated carbocycles. The maximum atomic E-state index is 6.06. The highest BCUT2D eigenvalue weighted by Gasteiger charge is 2.33. The van der Waals surface area contributed by atoms with Crippen molar-refractivity contribution in [1.82, 2.24) is 4.90 Å². The zero-order chi connectivity index (χ0) is 17.2. The van der Waals surface area contributed by atoms with Gasteiger partial charge in [0.2, 0.25) is 6.79 Å². The molecule has 5 nitrogen and oxygen atoms in total. The van der Waals surface area contributed by atoms with Crippen LogP contribution in [0.1, 0.15) is 17.0 Å². The molecule has 2 aromatic carbocycles. The molecule has 0 aromatic heterocycles. The van der Waals surface area contributed by atoms with Crippen molar-refractivity contribution in [3.63, 3.8) is 0 Å². The van der Waals surface area contributed by atoms with Crippen molar-refractivity contribution < 1.29 is 14.2 Å². The molecular weight excluding hydrogens is 352 g/mol. The van der Waals surface area contributed by atoms with Crippen molar-refractivity contribution in [2.45, 2.75) is 12.5 Å². The zero-order valence-electron chi connectivity index (χ0n) is 14.9. The van der Waals surface area contributed by atoms with Gasteiger partial charge in [-0.1, -0.05) is 30.3 Å². The van der Waals surface area contributed by atoms with Gasteiger partial charge in [0.05, 0.1) is 7.11 Å². The van der Waals surface area contributed by atoms with Crippen molar-refractivity contribution in [2.24, 2.45) is 11.7 Å². The average Bonchev–Trinajstić information content (AvgIpc) is 3.27. The fourth-order valence-electron chi connectivity index (χ4n) is 3.93. The van der Waals surface area contributed by atoms with Crippen LogP contribution in [0.3, 0.4) is 0 Å². The first-order chi connectivity index (χ1) is 12.3. The maximum absolute atomic E-state index is 6.06. The first-order valence-electron chi connectivity index (χ1n) is 8.72. The highest BCUT2D eigenvalue weighted by atomic mass is 35.5. The van der Waals surface area contributed by atoms with Crippen molar-refractivity contribution in [2.75, 3.05) is 33.5 Å². The largest absolute Gasteiger partial charge is 0.496 e. The fourth-order valence-corrected chi connectivity index (χ4v) is 3.93. The van der Waals surface area contributed by atoms with Crippen LogP contribution in [0, 0.1) is 5.92 Å². The number of methoxy groups -OCH3 is 1. The van der Waals surface area contributed by atoms with Crippen molar-refractivity contribution >= 4 is 12.4 Å². The lowest BCUT2D eigenvalue weighted by molar-refractivity contribution is 0.174. The Morgan fingerprint density at radius 1 is 1.12 bits per heavy atom. The smallest absolute Gasteiger partial charge is 0.231 e. The summed E-state index contributed by atoms with van der Waals surface area (Å²) >= 11 is 0. The second-order valence-electron chi connectivity index (χ2n) is 6.72. The predicted molar refractivity (Wildman–Crippen MR) is 103 cm³/mol. The van der Waals surface area contributed by atoms with E-state index in [0.717, 1.165) is 42.4 Å². The molecule has 0 aliphatic carbocycles. The summed E-state index contributed by atoms with van der Waals surface area (Å²) in [6.45, 7) is 3.79. The van der Waals surface area contributed by atoms with Gasteiger partial charge in [-0.25, -0.2) is 0 Å². The van der Waals surface area contributed by atoms with Gasteiger partial charge in [-0.3, -0.25) is 4.90 Å². The number of benzene rings is 2. The topological polar surface area (TPSA) is 57.0 Å². The monoisotopic (exact) mass is 376 g/mol. The summed E-state index contributed by atoms with van der Waals surface area (Å²) in [5.74, 6) is 3.35. The molecule has 2 aromatic rings. The van der Waals surface area contributed by atoms with Gasteiger partial charge in [-0.15, -0.1) is 12.4 Å². The second kappa shape index (κ2) is 8.16. The van der Waals surface area contributed by atoms with E-state index in [1.165, 1.54) is 5.56 Å². The number of rotatable bonds is 5. The summed E-state index contributed by atoms with van der Waals surface area (Å²) in [6, 6.07) is 14.6. The minimum atomic E-state index is 0. The normalized spacial score (nSPS) is 21.5. The standard InChI is InChI=1S/C20H24N2O3.ClH/c1-23-18-8-20-19(24-13-25-20)7-15(18)10-22-11-16(9-21)17(12-22)14-5-3-2-4-6-14;/h2-8,16-17H,9-13,21H2,1H3;1H/t16-,17+;/m1./s1. The van der Waals surface area contributed by atoms with E-state index in [0.29, 0.717) is 18.4 Å². The van der Waals surface area contributed by atoms with E-state index < -0.39 is 0 Å². The van der Waals surface area contributed by atoms with Gasteiger partial charge >= 0.3 is 0 Å². The molecule has 2 N–H and O–H groups in total. The number of likely N-dealkylation sites (tertiary alicyclic amines) is 1. The van der Waals surface area contributed by atoms with E-state index in [1.807, 2.05) is 12.1 Å². The molecule has 2 atom stereocenters. The van der Waals surface area contributed by atoms with E-state index in [9.17, 15) is 0 Å². The van der Waals surface area contributed by atoms with Crippen LogP contribution < -0.4 is 19.9 Å². The number of hydrogen-bond acceptors (Lipinski definition) is 5. The first-order valence-corrected chi connectivity index (χ1v) is 8.72. The molecule has 2 heterocycles. The molecule has 0 radical (unpaired) electrons. The minimum absolute atomic E-state index is 0. The van der Waals surface area contributed by atoms with Crippen LogP contribution in [0.4, 0.5) is 0 Å². The molecule has 2 aliphatic heterocycles. The molecule has 1 saturated heterocycles. The van der Waals surface area contributed by atoms with Gasteiger partial charge in [0, 0.05) is 37.2 Å². The SMILES string of the molecule is COc1cc2c(cc1CN1C[C@@H](CN)[C@H](c3ccccc3)C1)OCO2.Cl. The molecule has 0 spiro atoms. The summed E-state index contributed by atoms with van der Waals surface area (Å²) < 4.78 is 16.5. The number of ether oxygens (including phenoxy) is 3. The van der Waals surface area contributed by atoms with Crippen LogP contribution >= 0.6 is 12.4 Å². The van der Waals surface area contributed by atoms with Crippen LogP contribution in [0.2, 0.25) is 0 Å². The minimum Gasteiger partial charge on any atom is -0.496 e. The summed E-state index contributed by atoms with van der Waals surface area (Å²) in [5.41, 5.74) is 8.55. The van der Waals surface area contributed by atoms with Crippen LogP contribution in [-0.2, 0) is 6.54 Å². The molecular formula is C20H25ClN2O3. The number of hydrogen-bond donors (Lipinski definition) is 1. The Balaban J connectivity index is 0.00000196. The summed E-state index contributed by atoms with van der Waals surface area (Å²) in [5, 5.41) is 0. The lowest BCUT2D eigenvalue weighted by atomic mass is 9.89. The van der Waals surface area contributed by atoms with Gasteiger partial charge in [0.1, 0.15) is 5.75 Å². The summed E-state index contributed by atoms with van der Waals surface area (Å²) in [4.78, 5) is 2.45. The van der Waals surface area contributed by atoms with Crippen LogP contribution in [-0.4, -0.2) is 38.4 Å². The number of halogens is 1. The Kier molecular flexibility index (Phi) is 5.91. The molecule has 6 heteroatoms. The van der Waals surface area contributed by atoms with Gasteiger partial charge in [-0.05, 0) is 24.1 Å². The predicted octanol–water partition coefficient (Wildman–Crippen LogP) is 3.02. The van der Waals surface area contributed by atoms with E-state index in [-0.39, 0.29) is 19.2 Å². The molecule has 140 valence electrons. The summed E-state index contributed by atoms with van der Waals surface area (Å²) in [6.07, 6.45) is 0. The van der Waals surface area contributed by atoms with Crippen LogP contribution in [0.25, 0.3) is 0 Å². The second-order valence-corrected chi connectivity index (χ2v) is 6.72. The van der Waals surface area contributed by atoms with Gasteiger partial charge in [0.25, 0.3) is 0 Å². The van der Waals surface area contributed by atoms with Crippen LogP contribution in [0.5, 0.6) is 17.2 Å². The zero-order valence-corrected chi connectivity index (χ0v) is 15.7. The van der Waals surface area contributed by atoms with E-state index in [4.69, 9.17) is 19.9 Å². The van der Waals surface area contributed by atoms with E-state index in [2.05, 4.69) is 35.2 Å². The molecule has 0 unspecified atom stereocenters. The molecule has 4 rings (SSSR count). The molecule has 1 fully saturated rings. The molecule has 0 bridgehead atoms. The van der Waals surface area contributed by atoms with E-state index in [1.54, 1.807) is 7.11 Å². The van der Waals surface area contributed by atoms with Crippen molar-refractivity contribution in [1.29, 1.82) is 0 Å². The molecule has 0 amide bonds. The Labute approximate surface area is 160 Å². The average molecular weight is 377 g/mol. The van der Waals surface area contributed by atoms with Gasteiger partial charge in [0.15, 0.2) is 11.5 Å². The maximum Gasteiger partial charge on any atom is 0.231 e. The number of nitrogens with zero attached hydrogens (tertiary/aromatic N) is 1.